The molecule has 112 valence electrons. The molecule has 0 bridgehead atoms. The van der Waals surface area contributed by atoms with E-state index in [4.69, 9.17) is 4.74 Å². The van der Waals surface area contributed by atoms with Gasteiger partial charge in [-0.05, 0) is 32.2 Å². The third-order valence-electron chi connectivity index (χ3n) is 4.71. The summed E-state index contributed by atoms with van der Waals surface area (Å²) in [7, 11) is 0. The first-order valence-electron chi connectivity index (χ1n) is 8.05. The van der Waals surface area contributed by atoms with Gasteiger partial charge >= 0.3 is 0 Å². The summed E-state index contributed by atoms with van der Waals surface area (Å²) in [4.78, 5) is 5.10. The number of hydrogen-bond acceptors (Lipinski definition) is 5. The van der Waals surface area contributed by atoms with Crippen LogP contribution in [0.5, 0.6) is 0 Å². The van der Waals surface area contributed by atoms with Crippen molar-refractivity contribution in [3.63, 3.8) is 0 Å². The Kier molecular flexibility index (Phi) is 4.90. The fourth-order valence-electron chi connectivity index (χ4n) is 3.29. The van der Waals surface area contributed by atoms with E-state index in [0.717, 1.165) is 39.3 Å². The van der Waals surface area contributed by atoms with Gasteiger partial charge in [0.25, 0.3) is 0 Å². The summed E-state index contributed by atoms with van der Waals surface area (Å²) in [6.07, 6.45) is 4.73. The third kappa shape index (κ3) is 3.92. The number of morpholine rings is 1. The Morgan fingerprint density at radius 2 is 2.00 bits per heavy atom. The molecule has 1 aliphatic carbocycles. The Morgan fingerprint density at radius 1 is 1.20 bits per heavy atom. The van der Waals surface area contributed by atoms with Gasteiger partial charge in [-0.2, -0.15) is 5.26 Å². The minimum Gasteiger partial charge on any atom is -0.379 e. The fraction of sp³-hybridized carbons (Fsp3) is 0.933. The molecule has 2 unspecified atom stereocenters. The van der Waals surface area contributed by atoms with E-state index in [-0.39, 0.29) is 6.04 Å². The van der Waals surface area contributed by atoms with Crippen LogP contribution in [0.3, 0.4) is 0 Å². The number of nitrogens with zero attached hydrogens (tertiary/aromatic N) is 3. The second-order valence-electron chi connectivity index (χ2n) is 6.30. The van der Waals surface area contributed by atoms with E-state index < -0.39 is 0 Å². The highest BCUT2D eigenvalue weighted by atomic mass is 16.5. The lowest BCUT2D eigenvalue weighted by atomic mass is 10.2. The molecule has 2 saturated heterocycles. The Labute approximate surface area is 121 Å². The molecule has 5 nitrogen and oxygen atoms in total. The Morgan fingerprint density at radius 3 is 2.70 bits per heavy atom. The molecule has 2 atom stereocenters. The van der Waals surface area contributed by atoms with Crippen molar-refractivity contribution >= 4 is 0 Å². The second kappa shape index (κ2) is 6.86. The average molecular weight is 278 g/mol. The van der Waals surface area contributed by atoms with Crippen LogP contribution in [-0.2, 0) is 4.74 Å². The maximum Gasteiger partial charge on any atom is 0.0967 e. The number of nitriles is 1. The highest BCUT2D eigenvalue weighted by Gasteiger charge is 2.29. The minimum absolute atomic E-state index is 0.0462. The lowest BCUT2D eigenvalue weighted by Crippen LogP contribution is -2.45. The van der Waals surface area contributed by atoms with Crippen LogP contribution >= 0.6 is 0 Å². The first kappa shape index (κ1) is 14.3. The zero-order chi connectivity index (χ0) is 13.8. The summed E-state index contributed by atoms with van der Waals surface area (Å²) >= 11 is 0. The van der Waals surface area contributed by atoms with Crippen molar-refractivity contribution in [1.82, 2.24) is 15.1 Å². The number of hydrogen-bond donors (Lipinski definition) is 1. The van der Waals surface area contributed by atoms with Gasteiger partial charge in [0.1, 0.15) is 0 Å². The SMILES string of the molecule is N#CC(CCN1CCC(N2CCOCC2)C1)NC1CC1. The molecular formula is C15H26N4O. The molecular weight excluding hydrogens is 252 g/mol. The fourth-order valence-corrected chi connectivity index (χ4v) is 3.29. The van der Waals surface area contributed by atoms with Gasteiger partial charge in [0.2, 0.25) is 0 Å². The minimum atomic E-state index is 0.0462. The first-order chi connectivity index (χ1) is 9.85. The normalized spacial score (nSPS) is 30.2. The average Bonchev–Trinajstić information content (AvgIpc) is 3.19. The highest BCUT2D eigenvalue weighted by molar-refractivity contribution is 4.96. The summed E-state index contributed by atoms with van der Waals surface area (Å²) in [5, 5.41) is 12.6. The van der Waals surface area contributed by atoms with Crippen molar-refractivity contribution in [2.45, 2.75) is 43.8 Å². The molecule has 2 heterocycles. The second-order valence-corrected chi connectivity index (χ2v) is 6.30. The van der Waals surface area contributed by atoms with Crippen molar-refractivity contribution in [3.8, 4) is 6.07 Å². The van der Waals surface area contributed by atoms with Crippen molar-refractivity contribution < 1.29 is 4.74 Å². The zero-order valence-corrected chi connectivity index (χ0v) is 12.3. The predicted octanol–water partition coefficient (Wildman–Crippen LogP) is 0.427. The van der Waals surface area contributed by atoms with Crippen LogP contribution in [0, 0.1) is 11.3 Å². The van der Waals surface area contributed by atoms with Gasteiger partial charge in [0, 0.05) is 38.3 Å². The summed E-state index contributed by atoms with van der Waals surface area (Å²) < 4.78 is 5.42. The Bertz CT molecular complexity index is 346. The van der Waals surface area contributed by atoms with Crippen molar-refractivity contribution in [2.75, 3.05) is 45.9 Å². The molecule has 0 aromatic carbocycles. The summed E-state index contributed by atoms with van der Waals surface area (Å²) in [6, 6.07) is 3.78. The topological polar surface area (TPSA) is 51.5 Å². The largest absolute Gasteiger partial charge is 0.379 e. The van der Waals surface area contributed by atoms with E-state index in [1.807, 2.05) is 0 Å². The van der Waals surface area contributed by atoms with Crippen LogP contribution in [0.4, 0.5) is 0 Å². The van der Waals surface area contributed by atoms with Crippen LogP contribution in [-0.4, -0.2) is 73.9 Å². The smallest absolute Gasteiger partial charge is 0.0967 e. The van der Waals surface area contributed by atoms with Crippen LogP contribution in [0.2, 0.25) is 0 Å². The molecule has 0 spiro atoms. The molecule has 1 saturated carbocycles. The lowest BCUT2D eigenvalue weighted by molar-refractivity contribution is 0.0185. The van der Waals surface area contributed by atoms with Crippen LogP contribution in [0.25, 0.3) is 0 Å². The molecule has 1 N–H and O–H groups in total. The molecule has 2 aliphatic heterocycles. The van der Waals surface area contributed by atoms with Gasteiger partial charge < -0.3 is 9.64 Å². The third-order valence-corrected chi connectivity index (χ3v) is 4.71. The predicted molar refractivity (Wildman–Crippen MR) is 77.4 cm³/mol. The van der Waals surface area contributed by atoms with E-state index in [9.17, 15) is 5.26 Å². The van der Waals surface area contributed by atoms with E-state index in [1.54, 1.807) is 0 Å². The van der Waals surface area contributed by atoms with Gasteiger partial charge in [-0.15, -0.1) is 0 Å². The molecule has 0 radical (unpaired) electrons. The summed E-state index contributed by atoms with van der Waals surface area (Å²) in [5.41, 5.74) is 0. The van der Waals surface area contributed by atoms with Gasteiger partial charge in [-0.25, -0.2) is 0 Å². The number of ether oxygens (including phenoxy) is 1. The lowest BCUT2D eigenvalue weighted by Gasteiger charge is -2.32. The first-order valence-corrected chi connectivity index (χ1v) is 8.05. The molecule has 3 aliphatic rings. The molecule has 0 aromatic rings. The molecule has 0 amide bonds. The quantitative estimate of drug-likeness (QED) is 0.763. The zero-order valence-electron chi connectivity index (χ0n) is 12.3. The van der Waals surface area contributed by atoms with Crippen LogP contribution in [0.15, 0.2) is 0 Å². The van der Waals surface area contributed by atoms with E-state index in [0.29, 0.717) is 12.1 Å². The maximum atomic E-state index is 9.18. The van der Waals surface area contributed by atoms with Crippen molar-refractivity contribution in [3.05, 3.63) is 0 Å². The molecule has 3 fully saturated rings. The molecule has 0 aromatic heterocycles. The van der Waals surface area contributed by atoms with Gasteiger partial charge in [0.15, 0.2) is 0 Å². The van der Waals surface area contributed by atoms with Gasteiger partial charge in [-0.3, -0.25) is 10.2 Å². The monoisotopic (exact) mass is 278 g/mol. The molecule has 20 heavy (non-hydrogen) atoms. The molecule has 5 heteroatoms. The highest BCUT2D eigenvalue weighted by Crippen LogP contribution is 2.21. The number of nitrogens with one attached hydrogen (secondary N) is 1. The van der Waals surface area contributed by atoms with E-state index >= 15 is 0 Å². The number of likely N-dealkylation sites (tertiary alicyclic amines) is 1. The van der Waals surface area contributed by atoms with E-state index in [1.165, 1.54) is 32.4 Å². The Hall–Kier alpha value is -0.670. The number of rotatable bonds is 6. The van der Waals surface area contributed by atoms with Gasteiger partial charge in [-0.1, -0.05) is 0 Å². The maximum absolute atomic E-state index is 9.18. The van der Waals surface area contributed by atoms with E-state index in [2.05, 4.69) is 21.2 Å². The summed E-state index contributed by atoms with van der Waals surface area (Å²) in [6.45, 7) is 7.35. The van der Waals surface area contributed by atoms with Gasteiger partial charge in [0.05, 0.1) is 25.3 Å². The summed E-state index contributed by atoms with van der Waals surface area (Å²) in [5.74, 6) is 0. The standard InChI is InChI=1S/C15H26N4O/c16-11-14(17-13-1-2-13)3-5-18-6-4-15(12-18)19-7-9-20-10-8-19/h13-15,17H,1-10,12H2. The Balaban J connectivity index is 1.37. The van der Waals surface area contributed by atoms with Crippen molar-refractivity contribution in [2.24, 2.45) is 0 Å². The van der Waals surface area contributed by atoms with Crippen LogP contribution < -0.4 is 5.32 Å². The van der Waals surface area contributed by atoms with Crippen molar-refractivity contribution in [1.29, 1.82) is 5.26 Å². The van der Waals surface area contributed by atoms with Crippen LogP contribution in [0.1, 0.15) is 25.7 Å². The molecule has 3 rings (SSSR count).